The van der Waals surface area contributed by atoms with Crippen LogP contribution < -0.4 is 0 Å². The lowest BCUT2D eigenvalue weighted by atomic mass is 10.0. The van der Waals surface area contributed by atoms with Crippen LogP contribution in [0.2, 0.25) is 0 Å². The van der Waals surface area contributed by atoms with Gasteiger partial charge < -0.3 is 0 Å². The van der Waals surface area contributed by atoms with E-state index in [1.165, 1.54) is 6.08 Å². The summed E-state index contributed by atoms with van der Waals surface area (Å²) in [5.41, 5.74) is 4.60. The van der Waals surface area contributed by atoms with E-state index in [9.17, 15) is 9.18 Å². The highest BCUT2D eigenvalue weighted by molar-refractivity contribution is 6.07. The quantitative estimate of drug-likeness (QED) is 0.297. The maximum atomic E-state index is 14.0. The fraction of sp³-hybridized carbons (Fsp3) is 0.0417. The van der Waals surface area contributed by atoms with E-state index in [4.69, 9.17) is 0 Å². The Morgan fingerprint density at radius 1 is 0.808 bits per heavy atom. The first-order valence-electron chi connectivity index (χ1n) is 8.44. The number of rotatable bonds is 5. The Labute approximate surface area is 153 Å². The molecule has 0 fully saturated rings. The predicted octanol–water partition coefficient (Wildman–Crippen LogP) is 6.41. The fourth-order valence-electron chi connectivity index (χ4n) is 2.58. The molecular formula is C24H19FO. The van der Waals surface area contributed by atoms with Gasteiger partial charge in [-0.1, -0.05) is 96.6 Å². The predicted molar refractivity (Wildman–Crippen MR) is 106 cm³/mol. The van der Waals surface area contributed by atoms with Crippen molar-refractivity contribution < 1.29 is 9.18 Å². The van der Waals surface area contributed by atoms with Crippen LogP contribution in [0.3, 0.4) is 0 Å². The fourth-order valence-corrected chi connectivity index (χ4v) is 2.58. The molecular weight excluding hydrogens is 323 g/mol. The highest BCUT2D eigenvalue weighted by atomic mass is 19.1. The molecule has 0 heterocycles. The molecule has 128 valence electrons. The van der Waals surface area contributed by atoms with Gasteiger partial charge in [0, 0.05) is 5.56 Å². The molecule has 0 spiro atoms. The van der Waals surface area contributed by atoms with E-state index in [1.54, 1.807) is 36.4 Å². The van der Waals surface area contributed by atoms with Crippen LogP contribution in [0.1, 0.15) is 21.5 Å². The van der Waals surface area contributed by atoms with E-state index in [1.807, 2.05) is 49.4 Å². The summed E-state index contributed by atoms with van der Waals surface area (Å²) in [6, 6.07) is 24.9. The van der Waals surface area contributed by atoms with Gasteiger partial charge in [-0.2, -0.15) is 0 Å². The molecule has 0 aromatic heterocycles. The Hall–Kier alpha value is -3.26. The second-order valence-electron chi connectivity index (χ2n) is 6.06. The van der Waals surface area contributed by atoms with Gasteiger partial charge in [0.25, 0.3) is 0 Å². The van der Waals surface area contributed by atoms with Gasteiger partial charge in [-0.3, -0.25) is 4.79 Å². The van der Waals surface area contributed by atoms with E-state index in [0.29, 0.717) is 5.56 Å². The summed E-state index contributed by atoms with van der Waals surface area (Å²) in [7, 11) is 0. The van der Waals surface area contributed by atoms with E-state index in [2.05, 4.69) is 12.1 Å². The maximum absolute atomic E-state index is 14.0. The molecule has 0 aliphatic rings. The zero-order chi connectivity index (χ0) is 18.4. The summed E-state index contributed by atoms with van der Waals surface area (Å²) in [4.78, 5) is 12.0. The molecule has 0 aliphatic carbocycles. The summed E-state index contributed by atoms with van der Waals surface area (Å²) in [5.74, 6) is -1.37. The van der Waals surface area contributed by atoms with Crippen molar-refractivity contribution in [3.63, 3.8) is 0 Å². The van der Waals surface area contributed by atoms with Crippen molar-refractivity contribution in [1.29, 1.82) is 0 Å². The second kappa shape index (κ2) is 8.21. The normalized spacial score (nSPS) is 11.7. The first-order valence-corrected chi connectivity index (χ1v) is 8.44. The molecule has 0 atom stereocenters. The van der Waals surface area contributed by atoms with Crippen LogP contribution in [0.5, 0.6) is 0 Å². The Balaban J connectivity index is 1.68. The smallest absolute Gasteiger partial charge is 0.221 e. The van der Waals surface area contributed by atoms with Gasteiger partial charge in [-0.05, 0) is 29.7 Å². The minimum absolute atomic E-state index is 0.352. The molecule has 0 saturated heterocycles. The maximum Gasteiger partial charge on any atom is 0.221 e. The number of hydrogen-bond acceptors (Lipinski definition) is 1. The number of allylic oxidation sites excluding steroid dienone is 3. The number of aryl methyl sites for hydroxylation is 1. The Morgan fingerprint density at radius 2 is 1.42 bits per heavy atom. The largest absolute Gasteiger partial charge is 0.286 e. The molecule has 0 amide bonds. The second-order valence-corrected chi connectivity index (χ2v) is 6.06. The molecule has 0 aliphatic heterocycles. The van der Waals surface area contributed by atoms with Gasteiger partial charge in [0.1, 0.15) is 0 Å². The highest BCUT2D eigenvalue weighted by Gasteiger charge is 2.10. The molecule has 2 heteroatoms. The number of carbonyl (C=O) groups is 1. The SMILES string of the molecule is Cc1ccc(C(=O)/C(F)=C/C=C/c2ccc(-c3ccccc3)cc2)cc1. The number of halogens is 1. The van der Waals surface area contributed by atoms with Crippen LogP contribution in [0.25, 0.3) is 17.2 Å². The monoisotopic (exact) mass is 342 g/mol. The molecule has 0 saturated carbocycles. The van der Waals surface area contributed by atoms with Crippen molar-refractivity contribution in [1.82, 2.24) is 0 Å². The molecule has 1 nitrogen and oxygen atoms in total. The lowest BCUT2D eigenvalue weighted by Gasteiger charge is -2.01. The first kappa shape index (κ1) is 17.6. The summed E-state index contributed by atoms with van der Waals surface area (Å²) >= 11 is 0. The van der Waals surface area contributed by atoms with E-state index in [-0.39, 0.29) is 0 Å². The van der Waals surface area contributed by atoms with Crippen LogP contribution >= 0.6 is 0 Å². The van der Waals surface area contributed by atoms with Crippen molar-refractivity contribution >= 4 is 11.9 Å². The summed E-state index contributed by atoms with van der Waals surface area (Å²) in [6.07, 6.45) is 4.53. The summed E-state index contributed by atoms with van der Waals surface area (Å²) in [6.45, 7) is 1.92. The minimum atomic E-state index is -0.772. The lowest BCUT2D eigenvalue weighted by molar-refractivity contribution is 0.100. The van der Waals surface area contributed by atoms with Crippen molar-refractivity contribution in [2.24, 2.45) is 0 Å². The van der Waals surface area contributed by atoms with E-state index in [0.717, 1.165) is 22.3 Å². The molecule has 26 heavy (non-hydrogen) atoms. The molecule has 0 unspecified atom stereocenters. The molecule has 0 bridgehead atoms. The third-order valence-electron chi connectivity index (χ3n) is 4.08. The first-order chi connectivity index (χ1) is 12.6. The Kier molecular flexibility index (Phi) is 5.55. The molecule has 0 N–H and O–H groups in total. The zero-order valence-electron chi connectivity index (χ0n) is 14.5. The average molecular weight is 342 g/mol. The highest BCUT2D eigenvalue weighted by Crippen LogP contribution is 2.19. The van der Waals surface area contributed by atoms with Gasteiger partial charge >= 0.3 is 0 Å². The number of carbonyl (C=O) groups excluding carboxylic acids is 1. The van der Waals surface area contributed by atoms with Crippen LogP contribution in [-0.4, -0.2) is 5.78 Å². The summed E-state index contributed by atoms with van der Waals surface area (Å²) in [5, 5.41) is 0. The zero-order valence-corrected chi connectivity index (χ0v) is 14.5. The van der Waals surface area contributed by atoms with Crippen LogP contribution in [0.15, 0.2) is 96.8 Å². The standard InChI is InChI=1S/C24H19FO/c1-18-10-14-22(15-11-18)24(26)23(25)9-5-6-19-12-16-21(17-13-19)20-7-3-2-4-8-20/h2-17H,1H3/b6-5+,23-9-. The molecule has 3 aromatic rings. The van der Waals surface area contributed by atoms with Crippen molar-refractivity contribution in [2.75, 3.05) is 0 Å². The number of hydrogen-bond donors (Lipinski definition) is 0. The molecule has 0 radical (unpaired) electrons. The van der Waals surface area contributed by atoms with Crippen molar-refractivity contribution in [2.45, 2.75) is 6.92 Å². The van der Waals surface area contributed by atoms with E-state index < -0.39 is 11.6 Å². The Bertz CT molecular complexity index is 934. The third-order valence-corrected chi connectivity index (χ3v) is 4.08. The minimum Gasteiger partial charge on any atom is -0.286 e. The van der Waals surface area contributed by atoms with Gasteiger partial charge in [0.05, 0.1) is 0 Å². The van der Waals surface area contributed by atoms with Gasteiger partial charge in [-0.25, -0.2) is 4.39 Å². The van der Waals surface area contributed by atoms with Gasteiger partial charge in [-0.15, -0.1) is 0 Å². The number of benzene rings is 3. The van der Waals surface area contributed by atoms with Crippen LogP contribution in [0, 0.1) is 6.92 Å². The third kappa shape index (κ3) is 4.42. The summed E-state index contributed by atoms with van der Waals surface area (Å²) < 4.78 is 14.0. The van der Waals surface area contributed by atoms with Gasteiger partial charge in [0.2, 0.25) is 5.78 Å². The molecule has 3 aromatic carbocycles. The lowest BCUT2D eigenvalue weighted by Crippen LogP contribution is -1.99. The van der Waals surface area contributed by atoms with Crippen LogP contribution in [-0.2, 0) is 0 Å². The van der Waals surface area contributed by atoms with Crippen molar-refractivity contribution in [3.05, 3.63) is 114 Å². The molecule has 3 rings (SSSR count). The number of Topliss-reactive ketones (excluding diaryl/α,β-unsaturated/α-hetero) is 1. The average Bonchev–Trinajstić information content (AvgIpc) is 2.69. The van der Waals surface area contributed by atoms with E-state index >= 15 is 0 Å². The topological polar surface area (TPSA) is 17.1 Å². The van der Waals surface area contributed by atoms with Crippen molar-refractivity contribution in [3.8, 4) is 11.1 Å². The Morgan fingerprint density at radius 3 is 2.08 bits per heavy atom. The van der Waals surface area contributed by atoms with Crippen LogP contribution in [0.4, 0.5) is 4.39 Å². The van der Waals surface area contributed by atoms with Gasteiger partial charge in [0.15, 0.2) is 5.83 Å². The number of ketones is 1.